The number of allylic oxidation sites excluding steroid dienone is 3. The topological polar surface area (TPSA) is 26.3 Å². The van der Waals surface area contributed by atoms with Crippen molar-refractivity contribution in [3.63, 3.8) is 0 Å². The monoisotopic (exact) mass is 258 g/mol. The molecule has 0 amide bonds. The van der Waals surface area contributed by atoms with E-state index in [2.05, 4.69) is 42.8 Å². The third-order valence-electron chi connectivity index (χ3n) is 2.17. The van der Waals surface area contributed by atoms with Gasteiger partial charge in [-0.3, -0.25) is 4.79 Å². The third-order valence-corrected chi connectivity index (χ3v) is 2.17. The first-order valence-corrected chi connectivity index (χ1v) is 6.69. The molecule has 19 heavy (non-hydrogen) atoms. The molecule has 0 aliphatic heterocycles. The highest BCUT2D eigenvalue weighted by atomic mass is 16.5. The van der Waals surface area contributed by atoms with E-state index in [1.165, 1.54) is 26.2 Å². The van der Waals surface area contributed by atoms with Crippen molar-refractivity contribution in [1.82, 2.24) is 0 Å². The fraction of sp³-hybridized carbons (Fsp3) is 0.471. The second kappa shape index (κ2) is 14.1. The predicted molar refractivity (Wildman–Crippen MR) is 79.2 cm³/mol. The van der Waals surface area contributed by atoms with Crippen LogP contribution in [0.3, 0.4) is 0 Å². The molecule has 0 spiro atoms. The number of hydrogen-bond donors (Lipinski definition) is 0. The van der Waals surface area contributed by atoms with Crippen molar-refractivity contribution in [1.29, 1.82) is 0 Å². The number of carbonyl (C=O) groups is 1. The van der Waals surface area contributed by atoms with E-state index in [4.69, 9.17) is 4.74 Å². The van der Waals surface area contributed by atoms with E-state index in [1.807, 2.05) is 0 Å². The van der Waals surface area contributed by atoms with E-state index in [9.17, 15) is 4.79 Å². The predicted octanol–water partition coefficient (Wildman–Crippen LogP) is 3.64. The summed E-state index contributed by atoms with van der Waals surface area (Å²) < 4.78 is 4.70. The first-order chi connectivity index (χ1) is 9.27. The van der Waals surface area contributed by atoms with Crippen LogP contribution in [-0.2, 0) is 9.53 Å². The van der Waals surface area contributed by atoms with Gasteiger partial charge >= 0.3 is 5.97 Å². The van der Waals surface area contributed by atoms with Crippen LogP contribution >= 0.6 is 0 Å². The number of ether oxygens (including phenoxy) is 1. The first-order valence-electron chi connectivity index (χ1n) is 6.69. The highest BCUT2D eigenvalue weighted by molar-refractivity contribution is 5.66. The van der Waals surface area contributed by atoms with E-state index >= 15 is 0 Å². The van der Waals surface area contributed by atoms with Crippen LogP contribution in [0, 0.1) is 23.7 Å². The SMILES string of the molecule is CCCCC/C=C/CC#CC#C/C=C/COC(C)=O. The van der Waals surface area contributed by atoms with Gasteiger partial charge in [0.15, 0.2) is 0 Å². The molecule has 0 unspecified atom stereocenters. The molecule has 0 aromatic heterocycles. The van der Waals surface area contributed by atoms with Gasteiger partial charge in [0.25, 0.3) is 0 Å². The van der Waals surface area contributed by atoms with Gasteiger partial charge in [-0.05, 0) is 36.8 Å². The van der Waals surface area contributed by atoms with Crippen molar-refractivity contribution in [3.8, 4) is 23.7 Å². The van der Waals surface area contributed by atoms with Crippen LogP contribution in [-0.4, -0.2) is 12.6 Å². The fourth-order valence-electron chi connectivity index (χ4n) is 1.22. The minimum absolute atomic E-state index is 0.262. The molecule has 2 nitrogen and oxygen atoms in total. The Kier molecular flexibility index (Phi) is 12.7. The van der Waals surface area contributed by atoms with Gasteiger partial charge in [0.2, 0.25) is 0 Å². The fourth-order valence-corrected chi connectivity index (χ4v) is 1.22. The summed E-state index contributed by atoms with van der Waals surface area (Å²) in [4.78, 5) is 10.4. The van der Waals surface area contributed by atoms with Gasteiger partial charge < -0.3 is 4.74 Å². The van der Waals surface area contributed by atoms with Crippen molar-refractivity contribution < 1.29 is 9.53 Å². The molecule has 0 aromatic carbocycles. The lowest BCUT2D eigenvalue weighted by Gasteiger charge is -1.91. The number of unbranched alkanes of at least 4 members (excludes halogenated alkanes) is 3. The van der Waals surface area contributed by atoms with Crippen molar-refractivity contribution >= 4 is 5.97 Å². The molecule has 0 atom stereocenters. The summed E-state index contributed by atoms with van der Waals surface area (Å²) in [6, 6.07) is 0. The van der Waals surface area contributed by atoms with Crippen LogP contribution in [0.25, 0.3) is 0 Å². The molecule has 0 aliphatic rings. The second-order valence-electron chi connectivity index (χ2n) is 3.95. The van der Waals surface area contributed by atoms with Crippen LogP contribution in [0.4, 0.5) is 0 Å². The lowest BCUT2D eigenvalue weighted by molar-refractivity contribution is -0.139. The third kappa shape index (κ3) is 16.1. The highest BCUT2D eigenvalue weighted by Crippen LogP contribution is 1.99. The standard InChI is InChI=1S/C17H22O2/c1-3-4-5-6-7-8-9-10-11-12-13-14-15-16-19-17(2)18/h7-8,14-15H,3-6,9,16H2,1-2H3/b8-7+,15-14+. The zero-order valence-electron chi connectivity index (χ0n) is 11.9. The number of hydrogen-bond acceptors (Lipinski definition) is 2. The Hall–Kier alpha value is -1.93. The lowest BCUT2D eigenvalue weighted by Crippen LogP contribution is -1.96. The molecule has 0 rings (SSSR count). The van der Waals surface area contributed by atoms with Crippen LogP contribution in [0.2, 0.25) is 0 Å². The smallest absolute Gasteiger partial charge is 0.302 e. The quantitative estimate of drug-likeness (QED) is 0.301. The average Bonchev–Trinajstić information content (AvgIpc) is 2.39. The van der Waals surface area contributed by atoms with E-state index in [-0.39, 0.29) is 12.6 Å². The Morgan fingerprint density at radius 2 is 2.00 bits per heavy atom. The molecule has 0 aliphatic carbocycles. The largest absolute Gasteiger partial charge is 0.462 e. The van der Waals surface area contributed by atoms with Crippen LogP contribution < -0.4 is 0 Å². The summed E-state index contributed by atoms with van der Waals surface area (Å²) in [5.41, 5.74) is 0. The molecule has 0 heterocycles. The van der Waals surface area contributed by atoms with Gasteiger partial charge in [-0.25, -0.2) is 0 Å². The minimum atomic E-state index is -0.289. The zero-order valence-corrected chi connectivity index (χ0v) is 11.9. The van der Waals surface area contributed by atoms with Gasteiger partial charge in [0.1, 0.15) is 6.61 Å². The number of rotatable bonds is 7. The van der Waals surface area contributed by atoms with E-state index in [0.29, 0.717) is 0 Å². The summed E-state index contributed by atoms with van der Waals surface area (Å²) in [7, 11) is 0. The second-order valence-corrected chi connectivity index (χ2v) is 3.95. The van der Waals surface area contributed by atoms with E-state index in [0.717, 1.165) is 12.8 Å². The van der Waals surface area contributed by atoms with Gasteiger partial charge in [0, 0.05) is 13.3 Å². The molecule has 102 valence electrons. The van der Waals surface area contributed by atoms with Crippen molar-refractivity contribution in [3.05, 3.63) is 24.3 Å². The molecule has 0 aromatic rings. The van der Waals surface area contributed by atoms with Crippen molar-refractivity contribution in [2.45, 2.75) is 46.0 Å². The molecule has 0 saturated heterocycles. The minimum Gasteiger partial charge on any atom is -0.462 e. The Balaban J connectivity index is 3.61. The van der Waals surface area contributed by atoms with Gasteiger partial charge in [0.05, 0.1) is 0 Å². The van der Waals surface area contributed by atoms with Gasteiger partial charge in [-0.2, -0.15) is 0 Å². The van der Waals surface area contributed by atoms with Crippen molar-refractivity contribution in [2.24, 2.45) is 0 Å². The molecule has 0 fully saturated rings. The van der Waals surface area contributed by atoms with Crippen LogP contribution in [0.5, 0.6) is 0 Å². The number of esters is 1. The highest BCUT2D eigenvalue weighted by Gasteiger charge is 1.84. The summed E-state index contributed by atoms with van der Waals surface area (Å²) in [5.74, 6) is 10.9. The lowest BCUT2D eigenvalue weighted by atomic mass is 10.2. The Bertz CT molecular complexity index is 408. The summed E-state index contributed by atoms with van der Waals surface area (Å²) in [5, 5.41) is 0. The Morgan fingerprint density at radius 1 is 1.16 bits per heavy atom. The molecule has 2 heteroatoms. The molecule has 0 saturated carbocycles. The zero-order chi connectivity index (χ0) is 14.2. The van der Waals surface area contributed by atoms with Gasteiger partial charge in [-0.15, -0.1) is 0 Å². The molecule has 0 N–H and O–H groups in total. The number of carbonyl (C=O) groups excluding carboxylic acids is 1. The van der Waals surface area contributed by atoms with Gasteiger partial charge in [-0.1, -0.05) is 43.8 Å². The van der Waals surface area contributed by atoms with E-state index < -0.39 is 0 Å². The normalized spacial score (nSPS) is 9.79. The summed E-state index contributed by atoms with van der Waals surface area (Å²) in [6.45, 7) is 3.84. The van der Waals surface area contributed by atoms with Crippen molar-refractivity contribution in [2.75, 3.05) is 6.61 Å². The molecule has 0 bridgehead atoms. The average molecular weight is 258 g/mol. The summed E-state index contributed by atoms with van der Waals surface area (Å²) >= 11 is 0. The maximum atomic E-state index is 10.4. The Labute approximate surface area is 116 Å². The molecular weight excluding hydrogens is 236 g/mol. The maximum absolute atomic E-state index is 10.4. The first kappa shape index (κ1) is 17.1. The summed E-state index contributed by atoms with van der Waals surface area (Å²) in [6.07, 6.45) is 13.3. The molecule has 0 radical (unpaired) electrons. The van der Waals surface area contributed by atoms with E-state index in [1.54, 1.807) is 12.2 Å². The molecular formula is C17H22O2. The Morgan fingerprint density at radius 3 is 2.74 bits per heavy atom. The maximum Gasteiger partial charge on any atom is 0.302 e. The van der Waals surface area contributed by atoms with Crippen LogP contribution in [0.1, 0.15) is 46.0 Å². The van der Waals surface area contributed by atoms with Crippen LogP contribution in [0.15, 0.2) is 24.3 Å².